The molecular formula is C22H24N2O5S2. The van der Waals surface area contributed by atoms with Gasteiger partial charge in [-0.3, -0.25) is 14.2 Å². The number of fused-ring (bicyclic) bond motifs is 3. The third-order valence-electron chi connectivity index (χ3n) is 5.61. The molecular weight excluding hydrogens is 436 g/mol. The predicted molar refractivity (Wildman–Crippen MR) is 122 cm³/mol. The van der Waals surface area contributed by atoms with Gasteiger partial charge >= 0.3 is 5.97 Å². The average Bonchev–Trinajstić information content (AvgIpc) is 3.15. The number of thioether (sulfide) groups is 1. The second-order valence-corrected chi connectivity index (χ2v) is 9.58. The summed E-state index contributed by atoms with van der Waals surface area (Å²) >= 11 is 2.68. The van der Waals surface area contributed by atoms with Crippen LogP contribution in [-0.2, 0) is 27.3 Å². The van der Waals surface area contributed by atoms with Crippen molar-refractivity contribution < 1.29 is 19.0 Å². The number of carbonyl (C=O) groups is 1. The lowest BCUT2D eigenvalue weighted by molar-refractivity contribution is -0.137. The van der Waals surface area contributed by atoms with Crippen LogP contribution >= 0.6 is 23.1 Å². The molecule has 1 aliphatic heterocycles. The van der Waals surface area contributed by atoms with Crippen LogP contribution in [0.1, 0.15) is 30.7 Å². The molecule has 7 nitrogen and oxygen atoms in total. The van der Waals surface area contributed by atoms with E-state index in [1.807, 2.05) is 12.1 Å². The maximum atomic E-state index is 13.8. The highest BCUT2D eigenvalue weighted by Crippen LogP contribution is 2.39. The molecule has 1 aliphatic rings. The highest BCUT2D eigenvalue weighted by molar-refractivity contribution is 7.99. The van der Waals surface area contributed by atoms with Crippen molar-refractivity contribution in [3.05, 3.63) is 45.1 Å². The zero-order chi connectivity index (χ0) is 22.2. The highest BCUT2D eigenvalue weighted by atomic mass is 32.2. The van der Waals surface area contributed by atoms with Crippen LogP contribution in [0.15, 0.2) is 34.2 Å². The number of benzene rings is 1. The number of ether oxygens (including phenoxy) is 3. The number of hydrogen-bond donors (Lipinski definition) is 0. The Balaban J connectivity index is 1.91. The zero-order valence-electron chi connectivity index (χ0n) is 17.9. The van der Waals surface area contributed by atoms with Crippen molar-refractivity contribution in [3.8, 4) is 11.4 Å². The molecule has 3 aromatic rings. The number of aromatic nitrogens is 2. The number of methoxy groups -OCH3 is 2. The molecule has 0 bridgehead atoms. The fraction of sp³-hybridized carbons (Fsp3) is 0.409. The van der Waals surface area contributed by atoms with E-state index in [-0.39, 0.29) is 22.9 Å². The summed E-state index contributed by atoms with van der Waals surface area (Å²) in [4.78, 5) is 32.0. The molecule has 0 spiro atoms. The minimum atomic E-state index is -0.377. The largest absolute Gasteiger partial charge is 0.497 e. The van der Waals surface area contributed by atoms with E-state index in [0.717, 1.165) is 16.9 Å². The first kappa shape index (κ1) is 21.9. The Morgan fingerprint density at radius 3 is 2.71 bits per heavy atom. The maximum absolute atomic E-state index is 13.8. The van der Waals surface area contributed by atoms with Gasteiger partial charge in [0.15, 0.2) is 5.16 Å². The molecule has 0 amide bonds. The molecule has 1 aromatic carbocycles. The first-order valence-corrected chi connectivity index (χ1v) is 11.7. The first-order valence-electron chi connectivity index (χ1n) is 9.94. The lowest BCUT2D eigenvalue weighted by Crippen LogP contribution is -2.34. The molecule has 1 atom stereocenters. The van der Waals surface area contributed by atoms with Gasteiger partial charge in [0.2, 0.25) is 0 Å². The average molecular weight is 461 g/mol. The summed E-state index contributed by atoms with van der Waals surface area (Å²) in [5.41, 5.74) is 1.26. The topological polar surface area (TPSA) is 79.6 Å². The fourth-order valence-electron chi connectivity index (χ4n) is 3.57. The monoisotopic (exact) mass is 460 g/mol. The van der Waals surface area contributed by atoms with Crippen LogP contribution in [0.25, 0.3) is 15.9 Å². The number of carbonyl (C=O) groups excluding carboxylic acids is 1. The fourth-order valence-corrected chi connectivity index (χ4v) is 5.56. The number of hydrogen-bond acceptors (Lipinski definition) is 8. The van der Waals surface area contributed by atoms with Crippen molar-refractivity contribution >= 4 is 39.3 Å². The molecule has 0 saturated carbocycles. The van der Waals surface area contributed by atoms with E-state index in [2.05, 4.69) is 13.8 Å². The number of nitrogens with zero attached hydrogens (tertiary/aromatic N) is 2. The minimum Gasteiger partial charge on any atom is -0.497 e. The van der Waals surface area contributed by atoms with E-state index >= 15 is 0 Å². The Labute approximate surface area is 188 Å². The first-order chi connectivity index (χ1) is 14.9. The number of thiophene rings is 1. The van der Waals surface area contributed by atoms with Gasteiger partial charge in [-0.1, -0.05) is 18.7 Å². The van der Waals surface area contributed by atoms with Crippen molar-refractivity contribution in [1.82, 2.24) is 9.55 Å². The Hall–Kier alpha value is -2.36. The molecule has 0 unspecified atom stereocenters. The number of rotatable bonds is 6. The van der Waals surface area contributed by atoms with Gasteiger partial charge in [-0.2, -0.15) is 0 Å². The molecule has 2 aromatic heterocycles. The smallest absolute Gasteiger partial charge is 0.316 e. The van der Waals surface area contributed by atoms with E-state index in [4.69, 9.17) is 19.2 Å². The summed E-state index contributed by atoms with van der Waals surface area (Å²) in [6.45, 7) is 4.65. The summed E-state index contributed by atoms with van der Waals surface area (Å²) < 4.78 is 17.6. The summed E-state index contributed by atoms with van der Waals surface area (Å²) in [5.74, 6) is 0.378. The van der Waals surface area contributed by atoms with Crippen molar-refractivity contribution in [2.75, 3.05) is 20.0 Å². The van der Waals surface area contributed by atoms with Crippen LogP contribution in [0.4, 0.5) is 0 Å². The Kier molecular flexibility index (Phi) is 6.09. The van der Waals surface area contributed by atoms with Gasteiger partial charge in [0, 0.05) is 11.3 Å². The van der Waals surface area contributed by atoms with Crippen LogP contribution in [0.3, 0.4) is 0 Å². The van der Waals surface area contributed by atoms with E-state index in [1.54, 1.807) is 23.8 Å². The lowest BCUT2D eigenvalue weighted by Gasteiger charge is -2.32. The van der Waals surface area contributed by atoms with Crippen molar-refractivity contribution in [2.24, 2.45) is 0 Å². The van der Waals surface area contributed by atoms with Gasteiger partial charge in [0.05, 0.1) is 43.3 Å². The zero-order valence-corrected chi connectivity index (χ0v) is 19.5. The van der Waals surface area contributed by atoms with Crippen molar-refractivity contribution in [2.45, 2.75) is 44.1 Å². The standard InChI is InChI=1S/C22H24N2O5S2/c1-5-22(2)10-15-16(11-29-22)31-19-18(15)20(26)24(13-6-8-14(27-3)9-7-13)21(23-19)30-12-17(25)28-4/h6-9H,5,10-12H2,1-4H3/t22-/m0/s1. The van der Waals surface area contributed by atoms with Crippen LogP contribution in [0, 0.1) is 0 Å². The summed E-state index contributed by atoms with van der Waals surface area (Å²) in [5, 5.41) is 1.09. The summed E-state index contributed by atoms with van der Waals surface area (Å²) in [6, 6.07) is 7.22. The molecule has 164 valence electrons. The Bertz CT molecular complexity index is 1190. The van der Waals surface area contributed by atoms with Gasteiger partial charge in [0.25, 0.3) is 5.56 Å². The predicted octanol–water partition coefficient (Wildman–Crippen LogP) is 3.96. The molecule has 0 saturated heterocycles. The summed E-state index contributed by atoms with van der Waals surface area (Å²) in [7, 11) is 2.94. The van der Waals surface area contributed by atoms with Gasteiger partial charge in [-0.15, -0.1) is 11.3 Å². The van der Waals surface area contributed by atoms with Gasteiger partial charge in [-0.05, 0) is 43.2 Å². The van der Waals surface area contributed by atoms with E-state index in [0.29, 0.717) is 39.8 Å². The summed E-state index contributed by atoms with van der Waals surface area (Å²) in [6.07, 6.45) is 1.53. The quantitative estimate of drug-likeness (QED) is 0.313. The SMILES string of the molecule is CC[C@@]1(C)Cc2c(sc3nc(SCC(=O)OC)n(-c4ccc(OC)cc4)c(=O)c23)CO1. The molecule has 31 heavy (non-hydrogen) atoms. The van der Waals surface area contributed by atoms with E-state index in [9.17, 15) is 9.59 Å². The molecule has 0 aliphatic carbocycles. The third-order valence-corrected chi connectivity index (χ3v) is 7.62. The molecule has 0 N–H and O–H groups in total. The third kappa shape index (κ3) is 4.09. The van der Waals surface area contributed by atoms with Crippen molar-refractivity contribution in [1.29, 1.82) is 0 Å². The van der Waals surface area contributed by atoms with E-state index in [1.165, 1.54) is 30.2 Å². The second kappa shape index (κ2) is 8.64. The minimum absolute atomic E-state index is 0.0622. The van der Waals surface area contributed by atoms with Crippen LogP contribution in [-0.4, -0.2) is 41.1 Å². The van der Waals surface area contributed by atoms with Crippen LogP contribution in [0.5, 0.6) is 5.75 Å². The molecule has 9 heteroatoms. The molecule has 4 rings (SSSR count). The van der Waals surface area contributed by atoms with Gasteiger partial charge < -0.3 is 14.2 Å². The molecule has 0 fully saturated rings. The van der Waals surface area contributed by atoms with Gasteiger partial charge in [0.1, 0.15) is 10.6 Å². The van der Waals surface area contributed by atoms with Crippen molar-refractivity contribution in [3.63, 3.8) is 0 Å². The van der Waals surface area contributed by atoms with E-state index < -0.39 is 0 Å². The maximum Gasteiger partial charge on any atom is 0.316 e. The Morgan fingerprint density at radius 1 is 1.32 bits per heavy atom. The normalized spacial score (nSPS) is 18.1. The van der Waals surface area contributed by atoms with Crippen LogP contribution in [0.2, 0.25) is 0 Å². The second-order valence-electron chi connectivity index (χ2n) is 7.55. The lowest BCUT2D eigenvalue weighted by atomic mass is 9.90. The highest BCUT2D eigenvalue weighted by Gasteiger charge is 2.33. The number of esters is 1. The van der Waals surface area contributed by atoms with Crippen LogP contribution < -0.4 is 10.3 Å². The molecule has 0 radical (unpaired) electrons. The Morgan fingerprint density at radius 2 is 2.06 bits per heavy atom. The van der Waals surface area contributed by atoms with Gasteiger partial charge in [-0.25, -0.2) is 4.98 Å². The molecule has 3 heterocycles.